The average Bonchev–Trinajstić information content (AvgIpc) is 2.58. The second kappa shape index (κ2) is 10.4. The van der Waals surface area contributed by atoms with Gasteiger partial charge in [-0.25, -0.2) is 0 Å². The predicted octanol–water partition coefficient (Wildman–Crippen LogP) is 4.27. The largest absolute Gasteiger partial charge is 0.324 e. The maximum atomic E-state index is 12.6. The summed E-state index contributed by atoms with van der Waals surface area (Å²) in [5.74, 6) is -3.24. The molecule has 0 fully saturated rings. The fourth-order valence-electron chi connectivity index (χ4n) is 2.26. The van der Waals surface area contributed by atoms with Crippen molar-refractivity contribution in [3.63, 3.8) is 0 Å². The summed E-state index contributed by atoms with van der Waals surface area (Å²) in [4.78, 5) is 26.1. The number of benzene rings is 2. The van der Waals surface area contributed by atoms with Crippen LogP contribution in [0.15, 0.2) is 57.9 Å². The molecule has 5 nitrogen and oxygen atoms in total. The molecule has 0 atom stereocenters. The molecule has 2 aromatic rings. The zero-order valence-electron chi connectivity index (χ0n) is 14.4. The molecule has 0 heterocycles. The van der Waals surface area contributed by atoms with Gasteiger partial charge >= 0.3 is 0 Å². The van der Waals surface area contributed by atoms with Gasteiger partial charge in [-0.05, 0) is 47.2 Å². The van der Waals surface area contributed by atoms with Gasteiger partial charge in [0.1, 0.15) is 0 Å². The molecule has 2 N–H and O–H groups in total. The van der Waals surface area contributed by atoms with Crippen molar-refractivity contribution in [2.24, 2.45) is 0 Å². The Hall–Kier alpha value is -1.97. The molecule has 27 heavy (non-hydrogen) atoms. The molecule has 0 spiro atoms. The molecule has 0 aliphatic rings. The van der Waals surface area contributed by atoms with E-state index >= 15 is 0 Å². The second-order valence-electron chi connectivity index (χ2n) is 5.62. The molecule has 0 aromatic heterocycles. The lowest BCUT2D eigenvalue weighted by Gasteiger charge is -2.17. The minimum absolute atomic E-state index is 0.00217. The van der Waals surface area contributed by atoms with Crippen LogP contribution < -0.4 is 10.6 Å². The van der Waals surface area contributed by atoms with Gasteiger partial charge in [0.2, 0.25) is 11.8 Å². The van der Waals surface area contributed by atoms with Crippen molar-refractivity contribution in [2.45, 2.75) is 10.7 Å². The Morgan fingerprint density at radius 2 is 1.52 bits per heavy atom. The molecule has 0 unspecified atom stereocenters. The van der Waals surface area contributed by atoms with Crippen LogP contribution in [0.2, 0.25) is 0 Å². The van der Waals surface area contributed by atoms with Crippen molar-refractivity contribution in [3.8, 4) is 0 Å². The zero-order chi connectivity index (χ0) is 19.8. The van der Waals surface area contributed by atoms with E-state index in [1.165, 1.54) is 11.0 Å². The highest BCUT2D eigenvalue weighted by molar-refractivity contribution is 9.10. The van der Waals surface area contributed by atoms with Crippen LogP contribution in [-0.2, 0) is 9.59 Å². The van der Waals surface area contributed by atoms with Gasteiger partial charge < -0.3 is 10.6 Å². The number of carbonyl (C=O) groups excluding carboxylic acids is 2. The van der Waals surface area contributed by atoms with Crippen molar-refractivity contribution < 1.29 is 18.4 Å². The Morgan fingerprint density at radius 1 is 1.00 bits per heavy atom. The number of carbonyl (C=O) groups is 2. The molecule has 0 aliphatic carbocycles. The van der Waals surface area contributed by atoms with Gasteiger partial charge in [-0.2, -0.15) is 8.78 Å². The minimum atomic E-state index is -2.58. The SMILES string of the molecule is CN(CC(=O)Nc1ccccc1Br)CC(=O)Nc1ccccc1SC(F)F. The highest BCUT2D eigenvalue weighted by Gasteiger charge is 2.15. The zero-order valence-corrected chi connectivity index (χ0v) is 16.8. The quantitative estimate of drug-likeness (QED) is 0.580. The normalized spacial score (nSPS) is 10.9. The van der Waals surface area contributed by atoms with Crippen LogP contribution in [0.4, 0.5) is 20.2 Å². The molecule has 144 valence electrons. The number of hydrogen-bond acceptors (Lipinski definition) is 4. The van der Waals surface area contributed by atoms with Crippen LogP contribution in [0.5, 0.6) is 0 Å². The van der Waals surface area contributed by atoms with Crippen LogP contribution in [0.3, 0.4) is 0 Å². The molecule has 0 saturated heterocycles. The summed E-state index contributed by atoms with van der Waals surface area (Å²) in [6.45, 7) is -0.0563. The number of hydrogen-bond donors (Lipinski definition) is 2. The van der Waals surface area contributed by atoms with Gasteiger partial charge in [-0.3, -0.25) is 14.5 Å². The summed E-state index contributed by atoms with van der Waals surface area (Å²) < 4.78 is 25.9. The topological polar surface area (TPSA) is 61.4 Å². The summed E-state index contributed by atoms with van der Waals surface area (Å²) >= 11 is 3.71. The first-order chi connectivity index (χ1) is 12.8. The van der Waals surface area contributed by atoms with E-state index in [0.717, 1.165) is 4.47 Å². The van der Waals surface area contributed by atoms with Crippen LogP contribution in [0.1, 0.15) is 0 Å². The number of thioether (sulfide) groups is 1. The number of likely N-dealkylation sites (N-methyl/N-ethyl adjacent to an activating group) is 1. The van der Waals surface area contributed by atoms with Gasteiger partial charge in [0.25, 0.3) is 5.76 Å². The predicted molar refractivity (Wildman–Crippen MR) is 107 cm³/mol. The first-order valence-corrected chi connectivity index (χ1v) is 9.59. The number of alkyl halides is 2. The molecule has 0 saturated carbocycles. The maximum Gasteiger partial charge on any atom is 0.288 e. The highest BCUT2D eigenvalue weighted by Crippen LogP contribution is 2.31. The van der Waals surface area contributed by atoms with Crippen LogP contribution in [-0.4, -0.2) is 42.6 Å². The van der Waals surface area contributed by atoms with Gasteiger partial charge in [0.05, 0.1) is 24.5 Å². The first-order valence-electron chi connectivity index (χ1n) is 7.91. The van der Waals surface area contributed by atoms with Crippen molar-refractivity contribution in [1.29, 1.82) is 0 Å². The molecule has 0 aliphatic heterocycles. The Kier molecular flexibility index (Phi) is 8.21. The second-order valence-corrected chi connectivity index (χ2v) is 7.51. The van der Waals surface area contributed by atoms with Crippen molar-refractivity contribution in [3.05, 3.63) is 53.0 Å². The summed E-state index contributed by atoms with van der Waals surface area (Å²) in [5, 5.41) is 5.35. The Labute approximate surface area is 168 Å². The maximum absolute atomic E-state index is 12.6. The molecular weight excluding hydrogens is 440 g/mol. The van der Waals surface area contributed by atoms with E-state index in [-0.39, 0.29) is 23.9 Å². The fraction of sp³-hybridized carbons (Fsp3) is 0.222. The monoisotopic (exact) mass is 457 g/mol. The van der Waals surface area contributed by atoms with E-state index in [9.17, 15) is 18.4 Å². The number of anilines is 2. The lowest BCUT2D eigenvalue weighted by atomic mass is 10.3. The third-order valence-electron chi connectivity index (χ3n) is 3.35. The van der Waals surface area contributed by atoms with Gasteiger partial charge in [0, 0.05) is 9.37 Å². The summed E-state index contributed by atoms with van der Waals surface area (Å²) in [5.41, 5.74) is 0.956. The van der Waals surface area contributed by atoms with Crippen molar-refractivity contribution in [1.82, 2.24) is 4.90 Å². The molecule has 9 heteroatoms. The average molecular weight is 458 g/mol. The molecule has 2 rings (SSSR count). The van der Waals surface area contributed by atoms with Crippen LogP contribution in [0.25, 0.3) is 0 Å². The lowest BCUT2D eigenvalue weighted by molar-refractivity contribution is -0.119. The van der Waals surface area contributed by atoms with E-state index in [2.05, 4.69) is 26.6 Å². The molecule has 2 amide bonds. The smallest absolute Gasteiger partial charge is 0.288 e. The van der Waals surface area contributed by atoms with E-state index in [1.54, 1.807) is 37.4 Å². The Morgan fingerprint density at radius 3 is 2.11 bits per heavy atom. The number of amides is 2. The molecule has 2 aromatic carbocycles. The number of rotatable bonds is 8. The first kappa shape index (κ1) is 21.3. The van der Waals surface area contributed by atoms with Gasteiger partial charge in [0.15, 0.2) is 0 Å². The number of nitrogens with zero attached hydrogens (tertiary/aromatic N) is 1. The van der Waals surface area contributed by atoms with E-state index in [0.29, 0.717) is 23.1 Å². The van der Waals surface area contributed by atoms with Crippen molar-refractivity contribution >= 4 is 50.9 Å². The summed E-state index contributed by atoms with van der Waals surface area (Å²) in [7, 11) is 1.62. The van der Waals surface area contributed by atoms with Gasteiger partial charge in [-0.15, -0.1) is 0 Å². The highest BCUT2D eigenvalue weighted by atomic mass is 79.9. The number of nitrogens with one attached hydrogen (secondary N) is 2. The third kappa shape index (κ3) is 7.28. The van der Waals surface area contributed by atoms with E-state index in [1.807, 2.05) is 12.1 Å². The van der Waals surface area contributed by atoms with Crippen molar-refractivity contribution in [2.75, 3.05) is 30.8 Å². The number of para-hydroxylation sites is 2. The lowest BCUT2D eigenvalue weighted by Crippen LogP contribution is -2.36. The Balaban J connectivity index is 1.87. The minimum Gasteiger partial charge on any atom is -0.324 e. The van der Waals surface area contributed by atoms with E-state index in [4.69, 9.17) is 0 Å². The van der Waals surface area contributed by atoms with Crippen LogP contribution in [0, 0.1) is 0 Å². The summed E-state index contributed by atoms with van der Waals surface area (Å²) in [6.07, 6.45) is 0. The summed E-state index contributed by atoms with van der Waals surface area (Å²) in [6, 6.07) is 13.5. The van der Waals surface area contributed by atoms with Gasteiger partial charge in [-0.1, -0.05) is 36.0 Å². The third-order valence-corrected chi connectivity index (χ3v) is 4.83. The Bertz CT molecular complexity index is 808. The van der Waals surface area contributed by atoms with E-state index < -0.39 is 11.7 Å². The fourth-order valence-corrected chi connectivity index (χ4v) is 3.24. The number of halogens is 3. The molecule has 0 bridgehead atoms. The standard InChI is InChI=1S/C18H18BrF2N3O2S/c1-24(10-16(25)22-13-7-3-2-6-12(13)19)11-17(26)23-14-8-4-5-9-15(14)27-18(20)21/h2-9,18H,10-11H2,1H3,(H,22,25)(H,23,26). The molecular formula is C18H18BrF2N3O2S. The molecule has 0 radical (unpaired) electrons. The van der Waals surface area contributed by atoms with Crippen LogP contribution >= 0.6 is 27.7 Å².